The second-order valence-electron chi connectivity index (χ2n) is 3.46. The number of nitrogens with two attached hydrogens (primary N) is 1. The molecule has 0 aliphatic heterocycles. The fourth-order valence-corrected chi connectivity index (χ4v) is 2.19. The van der Waals surface area contributed by atoms with Crippen molar-refractivity contribution in [2.75, 3.05) is 5.73 Å². The Bertz CT molecular complexity index is 497. The molecule has 0 atom stereocenters. The van der Waals surface area contributed by atoms with E-state index in [0.717, 1.165) is 9.92 Å². The molecular weight excluding hydrogens is 240 g/mol. The summed E-state index contributed by atoms with van der Waals surface area (Å²) in [5.74, 6) is 0. The maximum absolute atomic E-state index is 5.83. The van der Waals surface area contributed by atoms with E-state index in [2.05, 4.69) is 36.2 Å². The van der Waals surface area contributed by atoms with Crippen LogP contribution in [0, 0.1) is 6.92 Å². The summed E-state index contributed by atoms with van der Waals surface area (Å²) in [7, 11) is 0. The second-order valence-corrected chi connectivity index (χ2v) is 4.96. The Kier molecular flexibility index (Phi) is 3.36. The molecule has 82 valence electrons. The molecule has 0 amide bonds. The van der Waals surface area contributed by atoms with Crippen molar-refractivity contribution in [1.82, 2.24) is 4.98 Å². The van der Waals surface area contributed by atoms with Crippen molar-refractivity contribution in [3.8, 4) is 0 Å². The van der Waals surface area contributed by atoms with Gasteiger partial charge >= 0.3 is 0 Å². The number of aryl methyl sites for hydroxylation is 1. The van der Waals surface area contributed by atoms with Crippen LogP contribution in [-0.4, -0.2) is 4.98 Å². The Morgan fingerprint density at radius 2 is 1.94 bits per heavy atom. The maximum Gasteiger partial charge on any atom is 0.124 e. The van der Waals surface area contributed by atoms with Crippen LogP contribution in [0.3, 0.4) is 0 Å². The molecule has 0 bridgehead atoms. The molecule has 0 spiro atoms. The molecule has 1 aromatic carbocycles. The molecule has 0 saturated heterocycles. The number of halogens is 1. The molecule has 0 unspecified atom stereocenters. The maximum atomic E-state index is 5.83. The summed E-state index contributed by atoms with van der Waals surface area (Å²) in [6.07, 6.45) is 1.61. The minimum Gasteiger partial charge on any atom is -0.396 e. The van der Waals surface area contributed by atoms with E-state index in [4.69, 9.17) is 17.3 Å². The molecule has 1 heterocycles. The third kappa shape index (κ3) is 2.68. The number of hydrogen-bond donors (Lipinski definition) is 1. The van der Waals surface area contributed by atoms with Crippen LogP contribution >= 0.6 is 23.4 Å². The van der Waals surface area contributed by atoms with Crippen molar-refractivity contribution in [3.05, 3.63) is 47.1 Å². The average molecular weight is 251 g/mol. The molecule has 0 fully saturated rings. The first-order valence-electron chi connectivity index (χ1n) is 4.81. The van der Waals surface area contributed by atoms with Gasteiger partial charge in [0.15, 0.2) is 0 Å². The zero-order valence-electron chi connectivity index (χ0n) is 8.77. The first-order chi connectivity index (χ1) is 7.65. The number of nitrogen functional groups attached to an aromatic ring is 1. The van der Waals surface area contributed by atoms with Gasteiger partial charge in [-0.2, -0.15) is 0 Å². The Hall–Kier alpha value is -1.19. The van der Waals surface area contributed by atoms with Crippen LogP contribution in [0.1, 0.15) is 5.56 Å². The highest BCUT2D eigenvalue weighted by atomic mass is 35.5. The van der Waals surface area contributed by atoms with E-state index in [-0.39, 0.29) is 0 Å². The van der Waals surface area contributed by atoms with E-state index in [9.17, 15) is 0 Å². The average Bonchev–Trinajstić information content (AvgIpc) is 2.25. The Balaban J connectivity index is 2.23. The highest BCUT2D eigenvalue weighted by molar-refractivity contribution is 7.99. The van der Waals surface area contributed by atoms with E-state index in [1.165, 1.54) is 17.3 Å². The van der Waals surface area contributed by atoms with Gasteiger partial charge < -0.3 is 5.73 Å². The Labute approximate surface area is 104 Å². The number of benzene rings is 1. The standard InChI is InChI=1S/C12H11ClN2S/c1-8-2-4-10(5-3-8)16-12-11(14)6-9(13)7-15-12/h2-7H,14H2,1H3. The molecule has 4 heteroatoms. The summed E-state index contributed by atoms with van der Waals surface area (Å²) in [5, 5.41) is 1.35. The lowest BCUT2D eigenvalue weighted by Gasteiger charge is -2.04. The molecular formula is C12H11ClN2S. The van der Waals surface area contributed by atoms with E-state index < -0.39 is 0 Å². The first-order valence-corrected chi connectivity index (χ1v) is 6.00. The Morgan fingerprint density at radius 3 is 2.56 bits per heavy atom. The van der Waals surface area contributed by atoms with E-state index in [1.807, 2.05) is 0 Å². The number of rotatable bonds is 2. The second kappa shape index (κ2) is 4.76. The van der Waals surface area contributed by atoms with Gasteiger partial charge in [-0.1, -0.05) is 41.1 Å². The summed E-state index contributed by atoms with van der Waals surface area (Å²) >= 11 is 7.33. The fraction of sp³-hybridized carbons (Fsp3) is 0.0833. The van der Waals surface area contributed by atoms with Gasteiger partial charge in [0.2, 0.25) is 0 Å². The third-order valence-electron chi connectivity index (χ3n) is 2.08. The third-order valence-corrected chi connectivity index (χ3v) is 3.33. The molecule has 0 radical (unpaired) electrons. The van der Waals surface area contributed by atoms with Crippen LogP contribution in [0.25, 0.3) is 0 Å². The Morgan fingerprint density at radius 1 is 1.25 bits per heavy atom. The van der Waals surface area contributed by atoms with Gasteiger partial charge in [-0.05, 0) is 25.1 Å². The van der Waals surface area contributed by atoms with E-state index >= 15 is 0 Å². The highest BCUT2D eigenvalue weighted by Crippen LogP contribution is 2.31. The lowest BCUT2D eigenvalue weighted by atomic mass is 10.2. The van der Waals surface area contributed by atoms with Crippen LogP contribution in [0.5, 0.6) is 0 Å². The predicted octanol–water partition coefficient (Wildman–Crippen LogP) is 3.78. The number of nitrogens with zero attached hydrogens (tertiary/aromatic N) is 1. The molecule has 0 aliphatic carbocycles. The van der Waals surface area contributed by atoms with E-state index in [0.29, 0.717) is 10.7 Å². The van der Waals surface area contributed by atoms with E-state index in [1.54, 1.807) is 12.3 Å². The summed E-state index contributed by atoms with van der Waals surface area (Å²) in [5.41, 5.74) is 7.68. The minimum absolute atomic E-state index is 0.561. The van der Waals surface area contributed by atoms with Crippen LogP contribution < -0.4 is 5.73 Å². The van der Waals surface area contributed by atoms with Gasteiger partial charge in [0.25, 0.3) is 0 Å². The number of hydrogen-bond acceptors (Lipinski definition) is 3. The van der Waals surface area contributed by atoms with Crippen molar-refractivity contribution in [2.45, 2.75) is 16.8 Å². The molecule has 2 N–H and O–H groups in total. The van der Waals surface area contributed by atoms with Gasteiger partial charge in [0, 0.05) is 11.1 Å². The minimum atomic E-state index is 0.561. The van der Waals surface area contributed by atoms with Crippen molar-refractivity contribution in [3.63, 3.8) is 0 Å². The molecule has 1 aromatic heterocycles. The van der Waals surface area contributed by atoms with Crippen LogP contribution in [0.2, 0.25) is 5.02 Å². The van der Waals surface area contributed by atoms with Crippen LogP contribution in [-0.2, 0) is 0 Å². The largest absolute Gasteiger partial charge is 0.396 e. The summed E-state index contributed by atoms with van der Waals surface area (Å²) in [6.45, 7) is 2.06. The first kappa shape index (κ1) is 11.3. The normalized spacial score (nSPS) is 10.4. The SMILES string of the molecule is Cc1ccc(Sc2ncc(Cl)cc2N)cc1. The van der Waals surface area contributed by atoms with Crippen molar-refractivity contribution in [2.24, 2.45) is 0 Å². The van der Waals surface area contributed by atoms with Crippen molar-refractivity contribution >= 4 is 29.1 Å². The fourth-order valence-electron chi connectivity index (χ4n) is 1.25. The topological polar surface area (TPSA) is 38.9 Å². The van der Waals surface area contributed by atoms with Gasteiger partial charge in [0.05, 0.1) is 10.7 Å². The van der Waals surface area contributed by atoms with Gasteiger partial charge in [-0.3, -0.25) is 0 Å². The number of anilines is 1. The van der Waals surface area contributed by atoms with Crippen LogP contribution in [0.4, 0.5) is 5.69 Å². The lowest BCUT2D eigenvalue weighted by molar-refractivity contribution is 1.14. The molecule has 2 rings (SSSR count). The quantitative estimate of drug-likeness (QED) is 0.882. The highest BCUT2D eigenvalue weighted by Gasteiger charge is 2.03. The van der Waals surface area contributed by atoms with Gasteiger partial charge in [0.1, 0.15) is 5.03 Å². The number of pyridine rings is 1. The predicted molar refractivity (Wildman–Crippen MR) is 69.0 cm³/mol. The zero-order valence-corrected chi connectivity index (χ0v) is 10.3. The molecule has 16 heavy (non-hydrogen) atoms. The summed E-state index contributed by atoms with van der Waals surface area (Å²) < 4.78 is 0. The monoisotopic (exact) mass is 250 g/mol. The van der Waals surface area contributed by atoms with Crippen molar-refractivity contribution in [1.29, 1.82) is 0 Å². The lowest BCUT2D eigenvalue weighted by Crippen LogP contribution is -1.91. The molecule has 0 saturated carbocycles. The smallest absolute Gasteiger partial charge is 0.124 e. The summed E-state index contributed by atoms with van der Waals surface area (Å²) in [4.78, 5) is 5.32. The summed E-state index contributed by atoms with van der Waals surface area (Å²) in [6, 6.07) is 9.94. The van der Waals surface area contributed by atoms with Gasteiger partial charge in [-0.15, -0.1) is 0 Å². The zero-order chi connectivity index (χ0) is 11.5. The number of aromatic nitrogens is 1. The molecule has 2 nitrogen and oxygen atoms in total. The van der Waals surface area contributed by atoms with Crippen LogP contribution in [0.15, 0.2) is 46.5 Å². The van der Waals surface area contributed by atoms with Gasteiger partial charge in [-0.25, -0.2) is 4.98 Å². The van der Waals surface area contributed by atoms with Crippen molar-refractivity contribution < 1.29 is 0 Å². The molecule has 2 aromatic rings. The molecule has 0 aliphatic rings.